The average Bonchev–Trinajstić information content (AvgIpc) is 2.44. The smallest absolute Gasteiger partial charge is 0.335 e. The van der Waals surface area contributed by atoms with Crippen LogP contribution in [0.2, 0.25) is 0 Å². The van der Waals surface area contributed by atoms with Gasteiger partial charge in [-0.05, 0) is 30.5 Å². The standard InChI is InChI=1S/C15H18N2O3/c1-2-3-4-9-16-15(20)17-10-8-12-6-5-7-13(11-12)14(18)19/h1,5-7,11H,3-4,8-10H2,(H,18,19)(H2,16,17,20). The van der Waals surface area contributed by atoms with Crippen molar-refractivity contribution in [3.8, 4) is 12.3 Å². The molecule has 0 spiro atoms. The summed E-state index contributed by atoms with van der Waals surface area (Å²) in [5.41, 5.74) is 1.12. The molecule has 0 aliphatic heterocycles. The number of aromatic carboxylic acids is 1. The van der Waals surface area contributed by atoms with E-state index in [9.17, 15) is 9.59 Å². The summed E-state index contributed by atoms with van der Waals surface area (Å²) in [5, 5.41) is 14.3. The van der Waals surface area contributed by atoms with E-state index in [2.05, 4.69) is 16.6 Å². The number of terminal acetylenes is 1. The Morgan fingerprint density at radius 2 is 2.00 bits per heavy atom. The van der Waals surface area contributed by atoms with E-state index in [1.807, 2.05) is 6.07 Å². The summed E-state index contributed by atoms with van der Waals surface area (Å²) in [5.74, 6) is 1.55. The second-order valence-corrected chi connectivity index (χ2v) is 4.25. The van der Waals surface area contributed by atoms with Crippen molar-refractivity contribution >= 4 is 12.0 Å². The highest BCUT2D eigenvalue weighted by Crippen LogP contribution is 2.05. The zero-order chi connectivity index (χ0) is 14.8. The van der Waals surface area contributed by atoms with Gasteiger partial charge in [-0.25, -0.2) is 9.59 Å². The monoisotopic (exact) mass is 274 g/mol. The van der Waals surface area contributed by atoms with Gasteiger partial charge in [-0.2, -0.15) is 0 Å². The molecule has 0 radical (unpaired) electrons. The van der Waals surface area contributed by atoms with Crippen LogP contribution in [-0.2, 0) is 6.42 Å². The molecular weight excluding hydrogens is 256 g/mol. The maximum absolute atomic E-state index is 11.4. The van der Waals surface area contributed by atoms with Gasteiger partial charge in [-0.3, -0.25) is 0 Å². The number of carbonyl (C=O) groups is 2. The molecule has 5 heteroatoms. The van der Waals surface area contributed by atoms with Gasteiger partial charge in [0.1, 0.15) is 0 Å². The van der Waals surface area contributed by atoms with Crippen molar-refractivity contribution < 1.29 is 14.7 Å². The average molecular weight is 274 g/mol. The van der Waals surface area contributed by atoms with Gasteiger partial charge < -0.3 is 15.7 Å². The van der Waals surface area contributed by atoms with Crippen LogP contribution >= 0.6 is 0 Å². The van der Waals surface area contributed by atoms with E-state index in [0.717, 1.165) is 12.0 Å². The van der Waals surface area contributed by atoms with Gasteiger partial charge in [-0.15, -0.1) is 12.3 Å². The summed E-state index contributed by atoms with van der Waals surface area (Å²) in [6, 6.07) is 6.43. The zero-order valence-corrected chi connectivity index (χ0v) is 11.2. The van der Waals surface area contributed by atoms with Crippen LogP contribution in [0.1, 0.15) is 28.8 Å². The van der Waals surface area contributed by atoms with Crippen molar-refractivity contribution in [1.82, 2.24) is 10.6 Å². The molecule has 0 saturated heterocycles. The summed E-state index contributed by atoms with van der Waals surface area (Å²) in [6.45, 7) is 0.995. The Morgan fingerprint density at radius 3 is 2.70 bits per heavy atom. The van der Waals surface area contributed by atoms with Gasteiger partial charge in [0, 0.05) is 19.5 Å². The summed E-state index contributed by atoms with van der Waals surface area (Å²) in [7, 11) is 0. The molecule has 0 aliphatic carbocycles. The number of hydrogen-bond acceptors (Lipinski definition) is 2. The van der Waals surface area contributed by atoms with Gasteiger partial charge in [0.2, 0.25) is 0 Å². The van der Waals surface area contributed by atoms with E-state index in [0.29, 0.717) is 25.9 Å². The molecule has 5 nitrogen and oxygen atoms in total. The maximum Gasteiger partial charge on any atom is 0.335 e. The molecule has 0 aromatic heterocycles. The number of carboxylic acid groups (broad SMARTS) is 1. The molecule has 0 bridgehead atoms. The molecule has 2 amide bonds. The van der Waals surface area contributed by atoms with Crippen molar-refractivity contribution in [1.29, 1.82) is 0 Å². The third kappa shape index (κ3) is 5.91. The normalized spacial score (nSPS) is 9.55. The zero-order valence-electron chi connectivity index (χ0n) is 11.2. The first kappa shape index (κ1) is 15.6. The first-order valence-electron chi connectivity index (χ1n) is 6.41. The molecule has 3 N–H and O–H groups in total. The van der Waals surface area contributed by atoms with Gasteiger partial charge >= 0.3 is 12.0 Å². The molecule has 1 aromatic rings. The Balaban J connectivity index is 2.27. The van der Waals surface area contributed by atoms with Crippen LogP contribution in [0.4, 0.5) is 4.79 Å². The van der Waals surface area contributed by atoms with Crippen LogP contribution in [-0.4, -0.2) is 30.2 Å². The Kier molecular flexibility index (Phi) is 6.69. The molecule has 0 fully saturated rings. The van der Waals surface area contributed by atoms with Gasteiger partial charge in [0.25, 0.3) is 0 Å². The van der Waals surface area contributed by atoms with E-state index >= 15 is 0 Å². The van der Waals surface area contributed by atoms with Gasteiger partial charge in [-0.1, -0.05) is 12.1 Å². The molecule has 0 atom stereocenters. The summed E-state index contributed by atoms with van der Waals surface area (Å²) < 4.78 is 0. The Bertz CT molecular complexity index is 506. The fourth-order valence-electron chi connectivity index (χ4n) is 1.64. The minimum Gasteiger partial charge on any atom is -0.478 e. The molecule has 0 heterocycles. The molecule has 0 unspecified atom stereocenters. The lowest BCUT2D eigenvalue weighted by molar-refractivity contribution is 0.0696. The predicted octanol–water partition coefficient (Wildman–Crippen LogP) is 1.64. The van der Waals surface area contributed by atoms with Crippen molar-refractivity contribution in [3.63, 3.8) is 0 Å². The van der Waals surface area contributed by atoms with E-state index in [4.69, 9.17) is 11.5 Å². The topological polar surface area (TPSA) is 78.4 Å². The number of carboxylic acids is 1. The number of urea groups is 1. The highest BCUT2D eigenvalue weighted by atomic mass is 16.4. The maximum atomic E-state index is 11.4. The fourth-order valence-corrected chi connectivity index (χ4v) is 1.64. The Labute approximate surface area is 118 Å². The number of rotatable bonds is 7. The van der Waals surface area contributed by atoms with Crippen LogP contribution in [0.15, 0.2) is 24.3 Å². The Hall–Kier alpha value is -2.48. The molecule has 20 heavy (non-hydrogen) atoms. The molecule has 1 rings (SSSR count). The van der Waals surface area contributed by atoms with Crippen LogP contribution < -0.4 is 10.6 Å². The summed E-state index contributed by atoms with van der Waals surface area (Å²) in [4.78, 5) is 22.2. The van der Waals surface area contributed by atoms with Crippen molar-refractivity contribution in [2.24, 2.45) is 0 Å². The van der Waals surface area contributed by atoms with E-state index in [-0.39, 0.29) is 11.6 Å². The third-order valence-corrected chi connectivity index (χ3v) is 2.66. The fraction of sp³-hybridized carbons (Fsp3) is 0.333. The summed E-state index contributed by atoms with van der Waals surface area (Å²) >= 11 is 0. The second kappa shape index (κ2) is 8.59. The van der Waals surface area contributed by atoms with Crippen molar-refractivity contribution in [3.05, 3.63) is 35.4 Å². The Morgan fingerprint density at radius 1 is 1.25 bits per heavy atom. The van der Waals surface area contributed by atoms with Crippen LogP contribution in [0.3, 0.4) is 0 Å². The first-order chi connectivity index (χ1) is 9.63. The first-order valence-corrected chi connectivity index (χ1v) is 6.41. The molecule has 1 aromatic carbocycles. The van der Waals surface area contributed by atoms with Crippen LogP contribution in [0.25, 0.3) is 0 Å². The van der Waals surface area contributed by atoms with Crippen molar-refractivity contribution in [2.75, 3.05) is 13.1 Å². The number of benzene rings is 1. The highest BCUT2D eigenvalue weighted by Gasteiger charge is 2.03. The lowest BCUT2D eigenvalue weighted by Crippen LogP contribution is -2.37. The third-order valence-electron chi connectivity index (χ3n) is 2.66. The minimum absolute atomic E-state index is 0.239. The second-order valence-electron chi connectivity index (χ2n) is 4.25. The molecule has 106 valence electrons. The predicted molar refractivity (Wildman–Crippen MR) is 76.6 cm³/mol. The lowest BCUT2D eigenvalue weighted by atomic mass is 10.1. The lowest BCUT2D eigenvalue weighted by Gasteiger charge is -2.07. The largest absolute Gasteiger partial charge is 0.478 e. The number of unbranched alkanes of at least 4 members (excludes halogenated alkanes) is 1. The number of carbonyl (C=O) groups excluding carboxylic acids is 1. The minimum atomic E-state index is -0.953. The van der Waals surface area contributed by atoms with Crippen molar-refractivity contribution in [2.45, 2.75) is 19.3 Å². The van der Waals surface area contributed by atoms with E-state index in [1.54, 1.807) is 12.1 Å². The van der Waals surface area contributed by atoms with Crippen LogP contribution in [0.5, 0.6) is 0 Å². The van der Waals surface area contributed by atoms with E-state index in [1.165, 1.54) is 6.07 Å². The highest BCUT2D eigenvalue weighted by molar-refractivity contribution is 5.87. The quantitative estimate of drug-likeness (QED) is 0.522. The molecule has 0 saturated carbocycles. The number of hydrogen-bond donors (Lipinski definition) is 3. The summed E-state index contributed by atoms with van der Waals surface area (Å²) in [6.07, 6.45) is 7.08. The molecule has 0 aliphatic rings. The number of nitrogens with one attached hydrogen (secondary N) is 2. The van der Waals surface area contributed by atoms with Gasteiger partial charge in [0.15, 0.2) is 0 Å². The SMILES string of the molecule is C#CCCCNC(=O)NCCc1cccc(C(=O)O)c1. The van der Waals surface area contributed by atoms with Gasteiger partial charge in [0.05, 0.1) is 5.56 Å². The van der Waals surface area contributed by atoms with Crippen LogP contribution in [0, 0.1) is 12.3 Å². The van der Waals surface area contributed by atoms with E-state index < -0.39 is 5.97 Å². The molecular formula is C15H18N2O3. The number of amides is 2.